The van der Waals surface area contributed by atoms with Crippen molar-refractivity contribution in [3.05, 3.63) is 71.0 Å². The first kappa shape index (κ1) is 18.0. The second kappa shape index (κ2) is 8.49. The Morgan fingerprint density at radius 2 is 1.75 bits per heavy atom. The Hall–Kier alpha value is -2.34. The van der Waals surface area contributed by atoms with Crippen molar-refractivity contribution in [2.75, 3.05) is 20.1 Å². The van der Waals surface area contributed by atoms with Crippen molar-refractivity contribution in [2.24, 2.45) is 0 Å². The Bertz CT molecular complexity index is 692. The maximum absolute atomic E-state index is 13.5. The molecule has 0 unspecified atom stereocenters. The third-order valence-electron chi connectivity index (χ3n) is 3.58. The standard InChI is InChI=1S/C18H19F3N2O/c1-23(12-13-6-3-2-4-7-13)11-5-10-22-18(24)14-8-9-15(19)17(21)16(14)20/h2-4,6-9H,5,10-12H2,1H3,(H,22,24). The summed E-state index contributed by atoms with van der Waals surface area (Å²) in [7, 11) is 1.96. The molecule has 0 aromatic heterocycles. The molecule has 1 N–H and O–H groups in total. The molecule has 0 saturated heterocycles. The van der Waals surface area contributed by atoms with Gasteiger partial charge in [0, 0.05) is 13.1 Å². The van der Waals surface area contributed by atoms with Gasteiger partial charge in [-0.05, 0) is 37.7 Å². The number of rotatable bonds is 7. The normalized spacial score (nSPS) is 10.9. The van der Waals surface area contributed by atoms with Crippen LogP contribution in [0.4, 0.5) is 13.2 Å². The number of halogens is 3. The molecule has 0 fully saturated rings. The van der Waals surface area contributed by atoms with Crippen molar-refractivity contribution in [1.29, 1.82) is 0 Å². The van der Waals surface area contributed by atoms with E-state index in [1.807, 2.05) is 37.4 Å². The summed E-state index contributed by atoms with van der Waals surface area (Å²) in [6.45, 7) is 1.83. The summed E-state index contributed by atoms with van der Waals surface area (Å²) in [4.78, 5) is 13.9. The molecule has 0 saturated carbocycles. The van der Waals surface area contributed by atoms with Crippen LogP contribution in [-0.2, 0) is 6.54 Å². The number of hydrogen-bond acceptors (Lipinski definition) is 2. The first-order valence-corrected chi connectivity index (χ1v) is 7.63. The van der Waals surface area contributed by atoms with Crippen LogP contribution in [0.25, 0.3) is 0 Å². The molecule has 128 valence electrons. The van der Waals surface area contributed by atoms with Gasteiger partial charge >= 0.3 is 0 Å². The van der Waals surface area contributed by atoms with Crippen LogP contribution < -0.4 is 5.32 Å². The highest BCUT2D eigenvalue weighted by atomic mass is 19.2. The highest BCUT2D eigenvalue weighted by Crippen LogP contribution is 2.15. The van der Waals surface area contributed by atoms with Crippen LogP contribution in [0.15, 0.2) is 42.5 Å². The average molecular weight is 336 g/mol. The van der Waals surface area contributed by atoms with E-state index < -0.39 is 28.9 Å². The Balaban J connectivity index is 1.76. The summed E-state index contributed by atoms with van der Waals surface area (Å²) in [6, 6.07) is 11.6. The second-order valence-corrected chi connectivity index (χ2v) is 5.56. The molecule has 2 aromatic carbocycles. The third-order valence-corrected chi connectivity index (χ3v) is 3.58. The van der Waals surface area contributed by atoms with Crippen LogP contribution in [-0.4, -0.2) is 30.9 Å². The minimum Gasteiger partial charge on any atom is -0.352 e. The number of carbonyl (C=O) groups excluding carboxylic acids is 1. The van der Waals surface area contributed by atoms with Crippen LogP contribution in [0.2, 0.25) is 0 Å². The molecular formula is C18H19F3N2O. The van der Waals surface area contributed by atoms with E-state index in [0.29, 0.717) is 13.0 Å². The number of nitrogens with one attached hydrogen (secondary N) is 1. The number of hydrogen-bond donors (Lipinski definition) is 1. The Morgan fingerprint density at radius 3 is 2.46 bits per heavy atom. The highest BCUT2D eigenvalue weighted by Gasteiger charge is 2.18. The summed E-state index contributed by atoms with van der Waals surface area (Å²) >= 11 is 0. The lowest BCUT2D eigenvalue weighted by Gasteiger charge is -2.16. The molecule has 0 radical (unpaired) electrons. The lowest BCUT2D eigenvalue weighted by atomic mass is 10.2. The molecule has 0 aliphatic carbocycles. The Kier molecular flexibility index (Phi) is 6.37. The molecule has 1 amide bonds. The van der Waals surface area contributed by atoms with Gasteiger partial charge in [-0.1, -0.05) is 30.3 Å². The molecule has 0 aliphatic rings. The van der Waals surface area contributed by atoms with Gasteiger partial charge in [-0.25, -0.2) is 13.2 Å². The number of nitrogens with zero attached hydrogens (tertiary/aromatic N) is 1. The summed E-state index contributed by atoms with van der Waals surface area (Å²) in [6.07, 6.45) is 0.653. The van der Waals surface area contributed by atoms with Crippen molar-refractivity contribution in [3.8, 4) is 0 Å². The second-order valence-electron chi connectivity index (χ2n) is 5.56. The van der Waals surface area contributed by atoms with Crippen LogP contribution in [0.5, 0.6) is 0 Å². The van der Waals surface area contributed by atoms with E-state index in [1.165, 1.54) is 5.56 Å². The van der Waals surface area contributed by atoms with Gasteiger partial charge in [0.2, 0.25) is 0 Å². The lowest BCUT2D eigenvalue weighted by Crippen LogP contribution is -2.29. The van der Waals surface area contributed by atoms with Gasteiger partial charge in [0.25, 0.3) is 5.91 Å². The number of carbonyl (C=O) groups is 1. The summed E-state index contributed by atoms with van der Waals surface area (Å²) in [5, 5.41) is 2.51. The van der Waals surface area contributed by atoms with E-state index in [9.17, 15) is 18.0 Å². The highest BCUT2D eigenvalue weighted by molar-refractivity contribution is 5.94. The number of amides is 1. The molecule has 2 rings (SSSR count). The van der Waals surface area contributed by atoms with E-state index in [-0.39, 0.29) is 0 Å². The Labute approximate surface area is 139 Å². The summed E-state index contributed by atoms with van der Waals surface area (Å²) in [5.41, 5.74) is 0.694. The van der Waals surface area contributed by atoms with Crippen LogP contribution >= 0.6 is 0 Å². The van der Waals surface area contributed by atoms with Gasteiger partial charge in [0.15, 0.2) is 17.5 Å². The molecule has 3 nitrogen and oxygen atoms in total. The molecule has 0 spiro atoms. The lowest BCUT2D eigenvalue weighted by molar-refractivity contribution is 0.0946. The zero-order valence-corrected chi connectivity index (χ0v) is 13.4. The van der Waals surface area contributed by atoms with E-state index >= 15 is 0 Å². The molecule has 2 aromatic rings. The fourth-order valence-corrected chi connectivity index (χ4v) is 2.32. The smallest absolute Gasteiger partial charge is 0.254 e. The minimum atomic E-state index is -1.63. The topological polar surface area (TPSA) is 32.3 Å². The maximum atomic E-state index is 13.5. The summed E-state index contributed by atoms with van der Waals surface area (Å²) in [5.74, 6) is -5.16. The van der Waals surface area contributed by atoms with Gasteiger partial charge in [-0.15, -0.1) is 0 Å². The maximum Gasteiger partial charge on any atom is 0.254 e. The molecule has 24 heavy (non-hydrogen) atoms. The van der Waals surface area contributed by atoms with Crippen molar-refractivity contribution in [3.63, 3.8) is 0 Å². The minimum absolute atomic E-state index is 0.316. The first-order chi connectivity index (χ1) is 11.5. The fourth-order valence-electron chi connectivity index (χ4n) is 2.32. The summed E-state index contributed by atoms with van der Waals surface area (Å²) < 4.78 is 39.5. The van der Waals surface area contributed by atoms with E-state index in [2.05, 4.69) is 10.2 Å². The van der Waals surface area contributed by atoms with Crippen molar-refractivity contribution in [1.82, 2.24) is 10.2 Å². The largest absolute Gasteiger partial charge is 0.352 e. The van der Waals surface area contributed by atoms with Gasteiger partial charge in [0.05, 0.1) is 5.56 Å². The molecule has 0 heterocycles. The van der Waals surface area contributed by atoms with E-state index in [0.717, 1.165) is 25.2 Å². The molecule has 0 bridgehead atoms. The average Bonchev–Trinajstić information content (AvgIpc) is 2.57. The van der Waals surface area contributed by atoms with Crippen LogP contribution in [0.3, 0.4) is 0 Å². The molecule has 0 aliphatic heterocycles. The predicted octanol–water partition coefficient (Wildman–Crippen LogP) is 3.36. The first-order valence-electron chi connectivity index (χ1n) is 7.63. The monoisotopic (exact) mass is 336 g/mol. The SMILES string of the molecule is CN(CCCNC(=O)c1ccc(F)c(F)c1F)Cc1ccccc1. The molecular weight excluding hydrogens is 317 g/mol. The van der Waals surface area contributed by atoms with Gasteiger partial charge < -0.3 is 10.2 Å². The zero-order chi connectivity index (χ0) is 17.5. The van der Waals surface area contributed by atoms with Crippen molar-refractivity contribution in [2.45, 2.75) is 13.0 Å². The predicted molar refractivity (Wildman–Crippen MR) is 86.0 cm³/mol. The van der Waals surface area contributed by atoms with Crippen molar-refractivity contribution < 1.29 is 18.0 Å². The van der Waals surface area contributed by atoms with Crippen LogP contribution in [0.1, 0.15) is 22.3 Å². The van der Waals surface area contributed by atoms with Gasteiger partial charge in [0.1, 0.15) is 0 Å². The van der Waals surface area contributed by atoms with Gasteiger partial charge in [-0.3, -0.25) is 4.79 Å². The molecule has 0 atom stereocenters. The van der Waals surface area contributed by atoms with Gasteiger partial charge in [-0.2, -0.15) is 0 Å². The van der Waals surface area contributed by atoms with E-state index in [1.54, 1.807) is 0 Å². The van der Waals surface area contributed by atoms with Crippen LogP contribution in [0, 0.1) is 17.5 Å². The fraction of sp³-hybridized carbons (Fsp3) is 0.278. The molecule has 6 heteroatoms. The van der Waals surface area contributed by atoms with Crippen molar-refractivity contribution >= 4 is 5.91 Å². The quantitative estimate of drug-likeness (QED) is 0.621. The van der Waals surface area contributed by atoms with E-state index in [4.69, 9.17) is 0 Å². The zero-order valence-electron chi connectivity index (χ0n) is 13.4. The Morgan fingerprint density at radius 1 is 1.04 bits per heavy atom. The number of benzene rings is 2. The third kappa shape index (κ3) is 4.83.